The number of phenols is 1. The van der Waals surface area contributed by atoms with Gasteiger partial charge in [-0.1, -0.05) is 34.8 Å². The number of carbonyl (C=O) groups is 1. The van der Waals surface area contributed by atoms with E-state index in [1.807, 2.05) is 6.92 Å². The number of amides is 1. The number of hydrazone groups is 1. The summed E-state index contributed by atoms with van der Waals surface area (Å²) in [5.74, 6) is -0.0851. The van der Waals surface area contributed by atoms with Crippen LogP contribution in [-0.2, 0) is 4.79 Å². The Hall–Kier alpha value is -1.95. The van der Waals surface area contributed by atoms with Crippen LogP contribution in [0.2, 0.25) is 15.1 Å². The van der Waals surface area contributed by atoms with E-state index in [1.54, 1.807) is 18.2 Å². The number of aryl methyl sites for hydroxylation is 1. The molecule has 0 aliphatic heterocycles. The highest BCUT2D eigenvalue weighted by molar-refractivity contribution is 6.36. The van der Waals surface area contributed by atoms with Crippen LogP contribution in [-0.4, -0.2) is 23.8 Å². The maximum Gasteiger partial charge on any atom is 0.277 e. The van der Waals surface area contributed by atoms with Crippen LogP contribution in [0.5, 0.6) is 11.5 Å². The molecule has 8 heteroatoms. The molecule has 2 rings (SSSR count). The zero-order chi connectivity index (χ0) is 17.7. The third kappa shape index (κ3) is 5.03. The predicted molar refractivity (Wildman–Crippen MR) is 95.5 cm³/mol. The molecular weight excluding hydrogens is 375 g/mol. The highest BCUT2D eigenvalue weighted by atomic mass is 35.5. The minimum absolute atomic E-state index is 0.0943. The van der Waals surface area contributed by atoms with Gasteiger partial charge in [0, 0.05) is 15.6 Å². The molecule has 2 aromatic carbocycles. The van der Waals surface area contributed by atoms with E-state index >= 15 is 0 Å². The molecule has 0 atom stereocenters. The number of phenolic OH excluding ortho intramolecular Hbond substituents is 1. The highest BCUT2D eigenvalue weighted by Gasteiger charge is 2.07. The van der Waals surface area contributed by atoms with E-state index in [2.05, 4.69) is 10.5 Å². The van der Waals surface area contributed by atoms with Gasteiger partial charge in [-0.2, -0.15) is 5.10 Å². The van der Waals surface area contributed by atoms with Crippen LogP contribution in [0, 0.1) is 6.92 Å². The number of aromatic hydroxyl groups is 1. The van der Waals surface area contributed by atoms with Gasteiger partial charge in [0.25, 0.3) is 5.91 Å². The van der Waals surface area contributed by atoms with Crippen molar-refractivity contribution in [2.75, 3.05) is 6.61 Å². The van der Waals surface area contributed by atoms with E-state index in [1.165, 1.54) is 18.3 Å². The molecule has 0 aliphatic carbocycles. The molecule has 0 heterocycles. The molecule has 126 valence electrons. The Balaban J connectivity index is 1.91. The summed E-state index contributed by atoms with van der Waals surface area (Å²) in [6.45, 7) is 1.60. The molecule has 0 radical (unpaired) electrons. The second-order valence-electron chi connectivity index (χ2n) is 4.82. The summed E-state index contributed by atoms with van der Waals surface area (Å²) >= 11 is 17.5. The molecule has 0 spiro atoms. The first kappa shape index (κ1) is 18.4. The van der Waals surface area contributed by atoms with Gasteiger partial charge in [-0.15, -0.1) is 0 Å². The first-order valence-corrected chi connectivity index (χ1v) is 7.89. The quantitative estimate of drug-likeness (QED) is 0.597. The zero-order valence-corrected chi connectivity index (χ0v) is 14.8. The Kier molecular flexibility index (Phi) is 6.31. The van der Waals surface area contributed by atoms with Gasteiger partial charge in [0.1, 0.15) is 11.5 Å². The fourth-order valence-electron chi connectivity index (χ4n) is 1.81. The van der Waals surface area contributed by atoms with Gasteiger partial charge in [0.05, 0.1) is 11.2 Å². The van der Waals surface area contributed by atoms with Gasteiger partial charge < -0.3 is 9.84 Å². The predicted octanol–water partition coefficient (Wildman–Crippen LogP) is 4.19. The number of nitrogens with one attached hydrogen (secondary N) is 1. The van der Waals surface area contributed by atoms with Crippen molar-refractivity contribution >= 4 is 46.9 Å². The van der Waals surface area contributed by atoms with Crippen LogP contribution in [0.15, 0.2) is 35.4 Å². The molecule has 0 aliphatic rings. The van der Waals surface area contributed by atoms with Gasteiger partial charge >= 0.3 is 0 Å². The summed E-state index contributed by atoms with van der Waals surface area (Å²) in [4.78, 5) is 11.7. The SMILES string of the molecule is Cc1cc(Cl)ccc1OCC(=O)NN=Cc1cc(Cl)cc(Cl)c1O. The number of hydrogen-bond acceptors (Lipinski definition) is 4. The van der Waals surface area contributed by atoms with E-state index in [-0.39, 0.29) is 22.9 Å². The largest absolute Gasteiger partial charge is 0.506 e. The number of benzene rings is 2. The third-order valence-electron chi connectivity index (χ3n) is 2.95. The van der Waals surface area contributed by atoms with Crippen molar-refractivity contribution in [3.63, 3.8) is 0 Å². The minimum atomic E-state index is -0.465. The molecule has 0 aromatic heterocycles. The minimum Gasteiger partial charge on any atom is -0.506 e. The Labute approximate surface area is 153 Å². The van der Waals surface area contributed by atoms with Crippen LogP contribution in [0.1, 0.15) is 11.1 Å². The summed E-state index contributed by atoms with van der Waals surface area (Å²) < 4.78 is 5.38. The lowest BCUT2D eigenvalue weighted by Crippen LogP contribution is -2.24. The third-order valence-corrected chi connectivity index (χ3v) is 3.69. The van der Waals surface area contributed by atoms with Gasteiger partial charge in [-0.25, -0.2) is 5.43 Å². The second kappa shape index (κ2) is 8.24. The molecule has 0 fully saturated rings. The fourth-order valence-corrected chi connectivity index (χ4v) is 2.54. The molecule has 0 unspecified atom stereocenters. The lowest BCUT2D eigenvalue weighted by Gasteiger charge is -2.08. The summed E-state index contributed by atoms with van der Waals surface area (Å²) in [5, 5.41) is 14.5. The Morgan fingerprint density at radius 1 is 1.25 bits per heavy atom. The number of hydrogen-bond donors (Lipinski definition) is 2. The summed E-state index contributed by atoms with van der Waals surface area (Å²) in [6, 6.07) is 7.95. The summed E-state index contributed by atoms with van der Waals surface area (Å²) in [7, 11) is 0. The second-order valence-corrected chi connectivity index (χ2v) is 6.10. The van der Waals surface area contributed by atoms with E-state index in [0.717, 1.165) is 5.56 Å². The van der Waals surface area contributed by atoms with E-state index < -0.39 is 5.91 Å². The summed E-state index contributed by atoms with van der Waals surface area (Å²) in [6.07, 6.45) is 1.23. The molecule has 0 saturated carbocycles. The highest BCUT2D eigenvalue weighted by Crippen LogP contribution is 2.29. The van der Waals surface area contributed by atoms with E-state index in [9.17, 15) is 9.90 Å². The van der Waals surface area contributed by atoms with Crippen molar-refractivity contribution < 1.29 is 14.6 Å². The number of carbonyl (C=O) groups excluding carboxylic acids is 1. The van der Waals surface area contributed by atoms with Crippen molar-refractivity contribution in [1.29, 1.82) is 0 Å². The topological polar surface area (TPSA) is 70.9 Å². The number of ether oxygens (including phenoxy) is 1. The normalized spacial score (nSPS) is 10.8. The molecule has 1 amide bonds. The van der Waals surface area contributed by atoms with Gasteiger partial charge in [0.2, 0.25) is 0 Å². The first-order chi connectivity index (χ1) is 11.4. The number of rotatable bonds is 5. The lowest BCUT2D eigenvalue weighted by molar-refractivity contribution is -0.123. The smallest absolute Gasteiger partial charge is 0.277 e. The average molecular weight is 388 g/mol. The number of halogens is 3. The molecule has 5 nitrogen and oxygen atoms in total. The monoisotopic (exact) mass is 386 g/mol. The van der Waals surface area contributed by atoms with Crippen molar-refractivity contribution in [3.05, 3.63) is 56.5 Å². The molecule has 0 saturated heterocycles. The van der Waals surface area contributed by atoms with Crippen molar-refractivity contribution in [2.24, 2.45) is 5.10 Å². The average Bonchev–Trinajstić information content (AvgIpc) is 2.51. The zero-order valence-electron chi connectivity index (χ0n) is 12.5. The van der Waals surface area contributed by atoms with Crippen molar-refractivity contribution in [1.82, 2.24) is 5.43 Å². The van der Waals surface area contributed by atoms with E-state index in [4.69, 9.17) is 39.5 Å². The fraction of sp³-hybridized carbons (Fsp3) is 0.125. The maximum absolute atomic E-state index is 11.7. The molecule has 2 aromatic rings. The molecule has 2 N–H and O–H groups in total. The van der Waals surface area contributed by atoms with Crippen LogP contribution in [0.4, 0.5) is 0 Å². The van der Waals surface area contributed by atoms with Crippen molar-refractivity contribution in [2.45, 2.75) is 6.92 Å². The Morgan fingerprint density at radius 2 is 2.00 bits per heavy atom. The maximum atomic E-state index is 11.7. The van der Waals surface area contributed by atoms with Crippen LogP contribution in [0.3, 0.4) is 0 Å². The number of nitrogens with zero attached hydrogens (tertiary/aromatic N) is 1. The molecular formula is C16H13Cl3N2O3. The van der Waals surface area contributed by atoms with E-state index in [0.29, 0.717) is 15.8 Å². The van der Waals surface area contributed by atoms with Gasteiger partial charge in [0.15, 0.2) is 6.61 Å². The van der Waals surface area contributed by atoms with Crippen LogP contribution in [0.25, 0.3) is 0 Å². The lowest BCUT2D eigenvalue weighted by atomic mass is 10.2. The van der Waals surface area contributed by atoms with Gasteiger partial charge in [-0.3, -0.25) is 4.79 Å². The first-order valence-electron chi connectivity index (χ1n) is 6.75. The van der Waals surface area contributed by atoms with Gasteiger partial charge in [-0.05, 0) is 42.8 Å². The standard InChI is InChI=1S/C16H13Cl3N2O3/c1-9-4-11(17)2-3-14(9)24-8-15(22)21-20-7-10-5-12(18)6-13(19)16(10)23/h2-7,23H,8H2,1H3,(H,21,22). The van der Waals surface area contributed by atoms with Crippen molar-refractivity contribution in [3.8, 4) is 11.5 Å². The Bertz CT molecular complexity index is 794. The Morgan fingerprint density at radius 3 is 2.71 bits per heavy atom. The van der Waals surface area contributed by atoms with Crippen LogP contribution < -0.4 is 10.2 Å². The molecule has 0 bridgehead atoms. The molecule has 24 heavy (non-hydrogen) atoms. The summed E-state index contributed by atoms with van der Waals surface area (Å²) in [5.41, 5.74) is 3.38. The van der Waals surface area contributed by atoms with Crippen LogP contribution >= 0.6 is 34.8 Å².